The highest BCUT2D eigenvalue weighted by Crippen LogP contribution is 2.42. The largest absolute Gasteiger partial charge is 0.359 e. The second-order valence-corrected chi connectivity index (χ2v) is 4.63. The molecule has 2 nitrogen and oxygen atoms in total. The van der Waals surface area contributed by atoms with Gasteiger partial charge in [0, 0.05) is 23.6 Å². The summed E-state index contributed by atoms with van der Waals surface area (Å²) in [6.07, 6.45) is 4.41. The van der Waals surface area contributed by atoms with Crippen LogP contribution in [-0.4, -0.2) is 22.6 Å². The SMILES string of the molecule is CCN1C2=CCC(=O)C=C2SC1C. The van der Waals surface area contributed by atoms with Gasteiger partial charge >= 0.3 is 0 Å². The summed E-state index contributed by atoms with van der Waals surface area (Å²) in [5.74, 6) is 0.233. The molecule has 70 valence electrons. The van der Waals surface area contributed by atoms with Crippen LogP contribution in [0, 0.1) is 0 Å². The van der Waals surface area contributed by atoms with E-state index in [4.69, 9.17) is 0 Å². The van der Waals surface area contributed by atoms with Crippen LogP contribution in [0.5, 0.6) is 0 Å². The molecule has 0 aromatic rings. The van der Waals surface area contributed by atoms with Crippen molar-refractivity contribution in [2.75, 3.05) is 6.54 Å². The van der Waals surface area contributed by atoms with Crippen LogP contribution in [0.15, 0.2) is 22.8 Å². The van der Waals surface area contributed by atoms with E-state index in [1.54, 1.807) is 17.8 Å². The van der Waals surface area contributed by atoms with Gasteiger partial charge in [-0.15, -0.1) is 0 Å². The van der Waals surface area contributed by atoms with E-state index in [1.807, 2.05) is 0 Å². The summed E-state index contributed by atoms with van der Waals surface area (Å²) in [5, 5.41) is 0.480. The number of ketones is 1. The summed E-state index contributed by atoms with van der Waals surface area (Å²) in [4.78, 5) is 14.6. The molecule has 0 aromatic carbocycles. The van der Waals surface area contributed by atoms with Gasteiger partial charge in [-0.05, 0) is 19.9 Å². The van der Waals surface area contributed by atoms with Gasteiger partial charge in [-0.25, -0.2) is 0 Å². The van der Waals surface area contributed by atoms with Gasteiger partial charge in [-0.3, -0.25) is 4.79 Å². The molecule has 0 bridgehead atoms. The molecule has 0 N–H and O–H groups in total. The molecule has 0 aromatic heterocycles. The van der Waals surface area contributed by atoms with Gasteiger partial charge in [-0.2, -0.15) is 0 Å². The minimum absolute atomic E-state index is 0.233. The van der Waals surface area contributed by atoms with E-state index < -0.39 is 0 Å². The molecule has 0 radical (unpaired) electrons. The van der Waals surface area contributed by atoms with Crippen LogP contribution in [-0.2, 0) is 4.79 Å². The highest BCUT2D eigenvalue weighted by molar-refractivity contribution is 8.04. The number of likely N-dealkylation sites (N-methyl/N-ethyl adjacent to an activating group) is 1. The average molecular weight is 195 g/mol. The first kappa shape index (κ1) is 8.88. The highest BCUT2D eigenvalue weighted by Gasteiger charge is 2.30. The average Bonchev–Trinajstić information content (AvgIpc) is 2.39. The Hall–Kier alpha value is -0.700. The van der Waals surface area contributed by atoms with Crippen molar-refractivity contribution in [3.63, 3.8) is 0 Å². The number of carbonyl (C=O) groups is 1. The van der Waals surface area contributed by atoms with Crippen molar-refractivity contribution >= 4 is 17.5 Å². The van der Waals surface area contributed by atoms with Crippen molar-refractivity contribution in [2.24, 2.45) is 0 Å². The predicted octanol–water partition coefficient (Wildman–Crippen LogP) is 2.14. The first-order chi connectivity index (χ1) is 6.22. The summed E-state index contributed by atoms with van der Waals surface area (Å²) in [6, 6.07) is 0. The van der Waals surface area contributed by atoms with Crippen molar-refractivity contribution in [1.82, 2.24) is 4.90 Å². The lowest BCUT2D eigenvalue weighted by molar-refractivity contribution is -0.114. The van der Waals surface area contributed by atoms with Crippen LogP contribution >= 0.6 is 11.8 Å². The fourth-order valence-electron chi connectivity index (χ4n) is 1.80. The maximum Gasteiger partial charge on any atom is 0.160 e. The van der Waals surface area contributed by atoms with Crippen LogP contribution in [0.2, 0.25) is 0 Å². The van der Waals surface area contributed by atoms with Gasteiger partial charge in [0.05, 0.1) is 5.37 Å². The Morgan fingerprint density at radius 1 is 1.69 bits per heavy atom. The van der Waals surface area contributed by atoms with E-state index in [2.05, 4.69) is 24.8 Å². The number of allylic oxidation sites excluding steroid dienone is 2. The monoisotopic (exact) mass is 195 g/mol. The molecule has 13 heavy (non-hydrogen) atoms. The van der Waals surface area contributed by atoms with Crippen LogP contribution in [0.4, 0.5) is 0 Å². The van der Waals surface area contributed by atoms with Gasteiger partial charge in [0.1, 0.15) is 0 Å². The van der Waals surface area contributed by atoms with Gasteiger partial charge in [0.15, 0.2) is 5.78 Å². The first-order valence-electron chi connectivity index (χ1n) is 4.60. The fourth-order valence-corrected chi connectivity index (χ4v) is 3.08. The number of nitrogens with zero attached hydrogens (tertiary/aromatic N) is 1. The van der Waals surface area contributed by atoms with Gasteiger partial charge < -0.3 is 4.90 Å². The Kier molecular flexibility index (Phi) is 2.20. The zero-order chi connectivity index (χ0) is 9.42. The molecule has 0 amide bonds. The molecule has 1 aliphatic heterocycles. The molecule has 1 heterocycles. The molecule has 0 saturated carbocycles. The lowest BCUT2D eigenvalue weighted by atomic mass is 10.1. The van der Waals surface area contributed by atoms with E-state index in [9.17, 15) is 4.79 Å². The number of thioether (sulfide) groups is 1. The molecule has 1 atom stereocenters. The maximum atomic E-state index is 11.2. The Morgan fingerprint density at radius 3 is 3.15 bits per heavy atom. The molecule has 3 heteroatoms. The lowest BCUT2D eigenvalue weighted by Gasteiger charge is -2.22. The van der Waals surface area contributed by atoms with E-state index in [0.29, 0.717) is 11.8 Å². The quantitative estimate of drug-likeness (QED) is 0.639. The normalized spacial score (nSPS) is 27.1. The second-order valence-electron chi connectivity index (χ2n) is 3.27. The van der Waals surface area contributed by atoms with E-state index in [0.717, 1.165) is 11.4 Å². The molecule has 1 saturated heterocycles. The topological polar surface area (TPSA) is 20.3 Å². The Morgan fingerprint density at radius 2 is 2.46 bits per heavy atom. The van der Waals surface area contributed by atoms with Crippen molar-refractivity contribution < 1.29 is 4.79 Å². The van der Waals surface area contributed by atoms with Gasteiger partial charge in [0.25, 0.3) is 0 Å². The van der Waals surface area contributed by atoms with Crippen LogP contribution < -0.4 is 0 Å². The van der Waals surface area contributed by atoms with Gasteiger partial charge in [0.2, 0.25) is 0 Å². The second kappa shape index (κ2) is 3.22. The summed E-state index contributed by atoms with van der Waals surface area (Å²) < 4.78 is 0. The van der Waals surface area contributed by atoms with E-state index >= 15 is 0 Å². The standard InChI is InChI=1S/C10H13NOS/c1-3-11-7(2)13-10-6-8(12)4-5-9(10)11/h5-7H,3-4H2,1-2H3. The minimum Gasteiger partial charge on any atom is -0.359 e. The Labute approximate surface area is 82.7 Å². The molecule has 2 aliphatic rings. The van der Waals surface area contributed by atoms with Crippen molar-refractivity contribution in [2.45, 2.75) is 25.6 Å². The third kappa shape index (κ3) is 1.41. The number of rotatable bonds is 1. The zero-order valence-electron chi connectivity index (χ0n) is 7.91. The number of fused-ring (bicyclic) bond motifs is 1. The lowest BCUT2D eigenvalue weighted by Crippen LogP contribution is -2.24. The maximum absolute atomic E-state index is 11.2. The zero-order valence-corrected chi connectivity index (χ0v) is 8.73. The number of carbonyl (C=O) groups excluding carboxylic acids is 1. The molecule has 2 rings (SSSR count). The Balaban J connectivity index is 2.32. The van der Waals surface area contributed by atoms with E-state index in [1.165, 1.54) is 5.70 Å². The first-order valence-corrected chi connectivity index (χ1v) is 5.48. The molecule has 1 unspecified atom stereocenters. The summed E-state index contributed by atoms with van der Waals surface area (Å²) >= 11 is 1.78. The van der Waals surface area contributed by atoms with Crippen molar-refractivity contribution in [1.29, 1.82) is 0 Å². The summed E-state index contributed by atoms with van der Waals surface area (Å²) in [6.45, 7) is 5.35. The predicted molar refractivity (Wildman–Crippen MR) is 55.2 cm³/mol. The third-order valence-electron chi connectivity index (χ3n) is 2.43. The molecular formula is C10H13NOS. The van der Waals surface area contributed by atoms with Gasteiger partial charge in [-0.1, -0.05) is 17.8 Å². The fraction of sp³-hybridized carbons (Fsp3) is 0.500. The third-order valence-corrected chi connectivity index (χ3v) is 3.60. The van der Waals surface area contributed by atoms with E-state index in [-0.39, 0.29) is 5.78 Å². The van der Waals surface area contributed by atoms with Crippen molar-refractivity contribution in [3.8, 4) is 0 Å². The number of hydrogen-bond acceptors (Lipinski definition) is 3. The summed E-state index contributed by atoms with van der Waals surface area (Å²) in [7, 11) is 0. The van der Waals surface area contributed by atoms with Crippen LogP contribution in [0.25, 0.3) is 0 Å². The Bertz CT molecular complexity index is 306. The molecule has 0 spiro atoms. The van der Waals surface area contributed by atoms with Crippen LogP contribution in [0.3, 0.4) is 0 Å². The summed E-state index contributed by atoms with van der Waals surface area (Å²) in [5.41, 5.74) is 1.26. The molecule has 1 aliphatic carbocycles. The van der Waals surface area contributed by atoms with Crippen molar-refractivity contribution in [3.05, 3.63) is 22.8 Å². The van der Waals surface area contributed by atoms with Crippen LogP contribution in [0.1, 0.15) is 20.3 Å². The number of hydrogen-bond donors (Lipinski definition) is 0. The molecule has 1 fully saturated rings. The minimum atomic E-state index is 0.233. The smallest absolute Gasteiger partial charge is 0.160 e. The molecular weight excluding hydrogens is 182 g/mol. The highest BCUT2D eigenvalue weighted by atomic mass is 32.2.